The standard InChI is InChI=1S/C19H26N6O4/c1-19(2,6-7-22-18(21)28)16(27)24-15-12(10-23-17(20)25-15)8-11-4-5-13(26)14(9-11)29-3/h4-5,9-10,26H,6-8H2,1-3H3,(H3,21,22,28)(H3,20,23,24,25,27). The lowest BCUT2D eigenvalue weighted by molar-refractivity contribution is -0.124. The molecule has 1 heterocycles. The van der Waals surface area contributed by atoms with Crippen LogP contribution in [-0.2, 0) is 11.2 Å². The molecule has 2 aromatic rings. The van der Waals surface area contributed by atoms with Crippen LogP contribution in [-0.4, -0.2) is 40.7 Å². The van der Waals surface area contributed by atoms with Crippen molar-refractivity contribution in [2.45, 2.75) is 26.7 Å². The van der Waals surface area contributed by atoms with Gasteiger partial charge in [-0.3, -0.25) is 4.79 Å². The zero-order valence-electron chi connectivity index (χ0n) is 16.7. The van der Waals surface area contributed by atoms with Crippen LogP contribution in [0.5, 0.6) is 11.5 Å². The van der Waals surface area contributed by atoms with Crippen LogP contribution in [0.15, 0.2) is 24.4 Å². The number of primary amides is 1. The molecule has 29 heavy (non-hydrogen) atoms. The highest BCUT2D eigenvalue weighted by Gasteiger charge is 2.28. The molecule has 0 bridgehead atoms. The van der Waals surface area contributed by atoms with Gasteiger partial charge in [-0.15, -0.1) is 0 Å². The van der Waals surface area contributed by atoms with E-state index in [1.54, 1.807) is 32.2 Å². The summed E-state index contributed by atoms with van der Waals surface area (Å²) in [4.78, 5) is 31.7. The van der Waals surface area contributed by atoms with Crippen molar-refractivity contribution < 1.29 is 19.4 Å². The number of aromatic nitrogens is 2. The summed E-state index contributed by atoms with van der Waals surface area (Å²) in [5.41, 5.74) is 11.4. The Labute approximate surface area is 168 Å². The number of nitrogens with zero attached hydrogens (tertiary/aromatic N) is 2. The molecule has 3 amide bonds. The highest BCUT2D eigenvalue weighted by molar-refractivity contribution is 5.94. The summed E-state index contributed by atoms with van der Waals surface area (Å²) in [7, 11) is 1.46. The Morgan fingerprint density at radius 1 is 1.31 bits per heavy atom. The zero-order chi connectivity index (χ0) is 21.6. The van der Waals surface area contributed by atoms with Crippen molar-refractivity contribution in [3.05, 3.63) is 35.5 Å². The van der Waals surface area contributed by atoms with Crippen LogP contribution in [0.4, 0.5) is 16.6 Å². The topological polar surface area (TPSA) is 165 Å². The second-order valence-electron chi connectivity index (χ2n) is 7.16. The molecule has 0 aliphatic heterocycles. The van der Waals surface area contributed by atoms with E-state index in [1.165, 1.54) is 13.2 Å². The van der Waals surface area contributed by atoms with Crippen LogP contribution in [0.25, 0.3) is 0 Å². The first kappa shape index (κ1) is 21.7. The van der Waals surface area contributed by atoms with Gasteiger partial charge < -0.3 is 31.9 Å². The number of benzene rings is 1. The summed E-state index contributed by atoms with van der Waals surface area (Å²) < 4.78 is 5.13. The van der Waals surface area contributed by atoms with Crippen molar-refractivity contribution in [3.63, 3.8) is 0 Å². The number of rotatable bonds is 8. The Hall–Kier alpha value is -3.56. The SMILES string of the molecule is COc1cc(Cc2cnc(N)nc2NC(=O)C(C)(C)CCNC(N)=O)ccc1O. The number of nitrogens with one attached hydrogen (secondary N) is 2. The number of carbonyl (C=O) groups excluding carboxylic acids is 2. The average Bonchev–Trinajstić information content (AvgIpc) is 2.64. The van der Waals surface area contributed by atoms with E-state index in [4.69, 9.17) is 16.2 Å². The van der Waals surface area contributed by atoms with Crippen LogP contribution >= 0.6 is 0 Å². The summed E-state index contributed by atoms with van der Waals surface area (Å²) in [6.45, 7) is 3.77. The van der Waals surface area contributed by atoms with Gasteiger partial charge in [-0.25, -0.2) is 9.78 Å². The van der Waals surface area contributed by atoms with Gasteiger partial charge in [-0.05, 0) is 24.1 Å². The molecule has 0 aliphatic carbocycles. The van der Waals surface area contributed by atoms with Gasteiger partial charge in [0.2, 0.25) is 11.9 Å². The van der Waals surface area contributed by atoms with Gasteiger partial charge in [0.25, 0.3) is 0 Å². The normalized spacial score (nSPS) is 11.0. The molecule has 10 heteroatoms. The number of hydrogen-bond acceptors (Lipinski definition) is 7. The van der Waals surface area contributed by atoms with Crippen molar-refractivity contribution in [1.82, 2.24) is 15.3 Å². The van der Waals surface area contributed by atoms with Crippen molar-refractivity contribution >= 4 is 23.7 Å². The minimum Gasteiger partial charge on any atom is -0.504 e. The van der Waals surface area contributed by atoms with E-state index in [1.807, 2.05) is 0 Å². The smallest absolute Gasteiger partial charge is 0.312 e. The number of amides is 3. The lowest BCUT2D eigenvalue weighted by atomic mass is 9.88. The quantitative estimate of drug-likeness (QED) is 0.445. The monoisotopic (exact) mass is 402 g/mol. The Morgan fingerprint density at radius 3 is 2.69 bits per heavy atom. The van der Waals surface area contributed by atoms with E-state index in [-0.39, 0.29) is 24.1 Å². The molecule has 0 saturated heterocycles. The molecule has 10 nitrogen and oxygen atoms in total. The molecule has 7 N–H and O–H groups in total. The van der Waals surface area contributed by atoms with Crippen molar-refractivity contribution in [2.24, 2.45) is 11.1 Å². The largest absolute Gasteiger partial charge is 0.504 e. The second kappa shape index (κ2) is 9.09. The lowest BCUT2D eigenvalue weighted by Gasteiger charge is -2.24. The molecule has 1 aromatic heterocycles. The first-order chi connectivity index (χ1) is 13.6. The summed E-state index contributed by atoms with van der Waals surface area (Å²) in [5.74, 6) is 0.412. The predicted molar refractivity (Wildman–Crippen MR) is 109 cm³/mol. The number of phenols is 1. The predicted octanol–water partition coefficient (Wildman–Crippen LogP) is 1.39. The van der Waals surface area contributed by atoms with Crippen molar-refractivity contribution in [1.29, 1.82) is 0 Å². The highest BCUT2D eigenvalue weighted by atomic mass is 16.5. The number of nitrogen functional groups attached to an aromatic ring is 1. The molecule has 0 fully saturated rings. The number of aromatic hydroxyl groups is 1. The number of hydrogen-bond donors (Lipinski definition) is 5. The fraction of sp³-hybridized carbons (Fsp3) is 0.368. The van der Waals surface area contributed by atoms with Gasteiger partial charge in [0.15, 0.2) is 11.5 Å². The summed E-state index contributed by atoms with van der Waals surface area (Å²) in [6, 6.07) is 4.31. The Bertz CT molecular complexity index is 900. The van der Waals surface area contributed by atoms with Gasteiger partial charge in [0, 0.05) is 30.1 Å². The number of nitrogens with two attached hydrogens (primary N) is 2. The van der Waals surface area contributed by atoms with Crippen LogP contribution in [0, 0.1) is 5.41 Å². The molecule has 0 saturated carbocycles. The summed E-state index contributed by atoms with van der Waals surface area (Å²) >= 11 is 0. The van der Waals surface area contributed by atoms with E-state index in [0.717, 1.165) is 5.56 Å². The fourth-order valence-corrected chi connectivity index (χ4v) is 2.60. The molecule has 0 atom stereocenters. The van der Waals surface area contributed by atoms with Crippen molar-refractivity contribution in [2.75, 3.05) is 24.7 Å². The zero-order valence-corrected chi connectivity index (χ0v) is 16.7. The van der Waals surface area contributed by atoms with Crippen LogP contribution in [0.1, 0.15) is 31.4 Å². The third-order valence-corrected chi connectivity index (χ3v) is 4.42. The third kappa shape index (κ3) is 5.96. The average molecular weight is 402 g/mol. The van der Waals surface area contributed by atoms with E-state index >= 15 is 0 Å². The highest BCUT2D eigenvalue weighted by Crippen LogP contribution is 2.29. The summed E-state index contributed by atoms with van der Waals surface area (Å²) in [5, 5.41) is 15.0. The molecular formula is C19H26N6O4. The third-order valence-electron chi connectivity index (χ3n) is 4.42. The van der Waals surface area contributed by atoms with E-state index in [9.17, 15) is 14.7 Å². The number of ether oxygens (including phenoxy) is 1. The number of anilines is 2. The van der Waals surface area contributed by atoms with Gasteiger partial charge >= 0.3 is 6.03 Å². The van der Waals surface area contributed by atoms with Crippen LogP contribution in [0.2, 0.25) is 0 Å². The molecule has 0 spiro atoms. The number of methoxy groups -OCH3 is 1. The molecule has 2 rings (SSSR count). The molecule has 156 valence electrons. The van der Waals surface area contributed by atoms with Gasteiger partial charge in [-0.1, -0.05) is 19.9 Å². The van der Waals surface area contributed by atoms with Crippen LogP contribution < -0.4 is 26.8 Å². The van der Waals surface area contributed by atoms with Crippen LogP contribution in [0.3, 0.4) is 0 Å². The first-order valence-electron chi connectivity index (χ1n) is 8.94. The molecule has 1 aromatic carbocycles. The van der Waals surface area contributed by atoms with Gasteiger partial charge in [-0.2, -0.15) is 4.98 Å². The molecule has 0 aliphatic rings. The maximum Gasteiger partial charge on any atom is 0.312 e. The number of carbonyl (C=O) groups is 2. The van der Waals surface area contributed by atoms with Gasteiger partial charge in [0.05, 0.1) is 7.11 Å². The second-order valence-corrected chi connectivity index (χ2v) is 7.16. The van der Waals surface area contributed by atoms with Gasteiger partial charge in [0.1, 0.15) is 5.82 Å². The Morgan fingerprint density at radius 2 is 2.03 bits per heavy atom. The lowest BCUT2D eigenvalue weighted by Crippen LogP contribution is -2.37. The minimum absolute atomic E-state index is 0.0283. The molecule has 0 radical (unpaired) electrons. The molecular weight excluding hydrogens is 376 g/mol. The number of urea groups is 1. The Balaban J connectivity index is 2.19. The van der Waals surface area contributed by atoms with E-state index in [0.29, 0.717) is 30.0 Å². The minimum atomic E-state index is -0.790. The first-order valence-corrected chi connectivity index (χ1v) is 8.94. The van der Waals surface area contributed by atoms with Crippen molar-refractivity contribution in [3.8, 4) is 11.5 Å². The van der Waals surface area contributed by atoms with E-state index in [2.05, 4.69) is 20.6 Å². The maximum absolute atomic E-state index is 12.8. The summed E-state index contributed by atoms with van der Waals surface area (Å²) in [6.07, 6.45) is 2.31. The number of phenolic OH excluding ortho intramolecular Hbond substituents is 1. The maximum atomic E-state index is 12.8. The Kier molecular flexibility index (Phi) is 6.81. The molecule has 0 unspecified atom stereocenters. The van der Waals surface area contributed by atoms with E-state index < -0.39 is 11.4 Å². The fourth-order valence-electron chi connectivity index (χ4n) is 2.60.